The number of hydrogen-bond donors (Lipinski definition) is 1. The molecular formula is C23H14Br2ClNO4. The summed E-state index contributed by atoms with van der Waals surface area (Å²) in [7, 11) is 1.49. The molecule has 1 N–H and O–H groups in total. The summed E-state index contributed by atoms with van der Waals surface area (Å²) in [6.45, 7) is 0. The van der Waals surface area contributed by atoms with Gasteiger partial charge in [-0.3, -0.25) is 4.79 Å². The van der Waals surface area contributed by atoms with Crippen molar-refractivity contribution in [3.63, 3.8) is 0 Å². The number of halogens is 3. The molecule has 4 aromatic rings. The molecule has 1 heterocycles. The molecule has 8 heteroatoms. The van der Waals surface area contributed by atoms with Crippen molar-refractivity contribution >= 4 is 66.0 Å². The van der Waals surface area contributed by atoms with Crippen LogP contribution in [0.5, 0.6) is 5.75 Å². The number of carbonyl (C=O) groups is 1. The Morgan fingerprint density at radius 1 is 1.03 bits per heavy atom. The first-order valence-corrected chi connectivity index (χ1v) is 11.0. The summed E-state index contributed by atoms with van der Waals surface area (Å²) in [5.41, 5.74) is 1.70. The van der Waals surface area contributed by atoms with Gasteiger partial charge in [-0.25, -0.2) is 4.79 Å². The number of hydrogen-bond acceptors (Lipinski definition) is 4. The number of benzene rings is 3. The lowest BCUT2D eigenvalue weighted by Crippen LogP contribution is -2.13. The summed E-state index contributed by atoms with van der Waals surface area (Å²) in [4.78, 5) is 25.3. The van der Waals surface area contributed by atoms with Crippen molar-refractivity contribution in [2.24, 2.45) is 0 Å². The Bertz CT molecular complexity index is 1380. The van der Waals surface area contributed by atoms with Gasteiger partial charge in [-0.1, -0.05) is 51.8 Å². The van der Waals surface area contributed by atoms with Crippen LogP contribution in [0.1, 0.15) is 10.4 Å². The average molecular weight is 564 g/mol. The van der Waals surface area contributed by atoms with Crippen LogP contribution in [-0.4, -0.2) is 13.0 Å². The second kappa shape index (κ2) is 8.86. The molecule has 0 unspecified atom stereocenters. The van der Waals surface area contributed by atoms with Gasteiger partial charge in [0.1, 0.15) is 11.3 Å². The smallest absolute Gasteiger partial charge is 0.344 e. The molecule has 0 aliphatic rings. The summed E-state index contributed by atoms with van der Waals surface area (Å²) in [5, 5.41) is 3.90. The van der Waals surface area contributed by atoms with Gasteiger partial charge in [-0.2, -0.15) is 0 Å². The molecule has 156 valence electrons. The fourth-order valence-electron chi connectivity index (χ4n) is 3.20. The molecule has 0 radical (unpaired) electrons. The minimum absolute atomic E-state index is 0.308. The first kappa shape index (κ1) is 21.6. The van der Waals surface area contributed by atoms with Crippen LogP contribution in [0.2, 0.25) is 5.02 Å². The molecule has 0 aliphatic heterocycles. The average Bonchev–Trinajstić information content (AvgIpc) is 2.73. The lowest BCUT2D eigenvalue weighted by atomic mass is 10.1. The molecule has 0 bridgehead atoms. The summed E-state index contributed by atoms with van der Waals surface area (Å²) in [6, 6.07) is 17.4. The van der Waals surface area contributed by atoms with E-state index in [0.717, 1.165) is 9.86 Å². The van der Waals surface area contributed by atoms with Gasteiger partial charge in [-0.15, -0.1) is 0 Å². The van der Waals surface area contributed by atoms with Crippen molar-refractivity contribution in [3.8, 4) is 16.9 Å². The van der Waals surface area contributed by atoms with Crippen LogP contribution in [0.25, 0.3) is 22.1 Å². The van der Waals surface area contributed by atoms with Gasteiger partial charge in [0.05, 0.1) is 27.7 Å². The maximum Gasteiger partial charge on any atom is 0.344 e. The van der Waals surface area contributed by atoms with E-state index in [1.54, 1.807) is 48.5 Å². The fraction of sp³-hybridized carbons (Fsp3) is 0.0435. The zero-order valence-electron chi connectivity index (χ0n) is 16.0. The van der Waals surface area contributed by atoms with Gasteiger partial charge in [0.15, 0.2) is 0 Å². The maximum absolute atomic E-state index is 12.8. The molecule has 1 aromatic heterocycles. The zero-order valence-corrected chi connectivity index (χ0v) is 20.0. The molecule has 31 heavy (non-hydrogen) atoms. The summed E-state index contributed by atoms with van der Waals surface area (Å²) in [6.07, 6.45) is 0. The van der Waals surface area contributed by atoms with Gasteiger partial charge in [-0.05, 0) is 52.3 Å². The van der Waals surface area contributed by atoms with E-state index >= 15 is 0 Å². The number of amides is 1. The number of ether oxygens (including phenoxy) is 1. The predicted molar refractivity (Wildman–Crippen MR) is 129 cm³/mol. The van der Waals surface area contributed by atoms with Gasteiger partial charge >= 0.3 is 5.63 Å². The third kappa shape index (κ3) is 4.39. The predicted octanol–water partition coefficient (Wildman–Crippen LogP) is 6.90. The van der Waals surface area contributed by atoms with Crippen molar-refractivity contribution in [2.45, 2.75) is 0 Å². The zero-order chi connectivity index (χ0) is 22.1. The standard InChI is InChI=1S/C23H14Br2ClNO4/c1-30-21-17(9-13(24)10-18(21)25)22(28)27-14-6-7-15(19(26)11-14)16-8-12-4-2-3-5-20(12)31-23(16)29/h2-11H,1H3,(H,27,28). The summed E-state index contributed by atoms with van der Waals surface area (Å²) >= 11 is 13.2. The van der Waals surface area contributed by atoms with E-state index < -0.39 is 5.63 Å². The first-order valence-electron chi connectivity index (χ1n) is 9.04. The minimum Gasteiger partial charge on any atom is -0.495 e. The second-order valence-corrected chi connectivity index (χ2v) is 8.78. The van der Waals surface area contributed by atoms with Crippen LogP contribution < -0.4 is 15.7 Å². The normalized spacial score (nSPS) is 10.8. The van der Waals surface area contributed by atoms with Crippen molar-refractivity contribution in [1.29, 1.82) is 0 Å². The number of anilines is 1. The fourth-order valence-corrected chi connectivity index (χ4v) is 4.87. The number of fused-ring (bicyclic) bond motifs is 1. The third-order valence-electron chi connectivity index (χ3n) is 4.62. The number of rotatable bonds is 4. The van der Waals surface area contributed by atoms with Crippen molar-refractivity contribution in [1.82, 2.24) is 0 Å². The van der Waals surface area contributed by atoms with E-state index in [1.807, 2.05) is 12.1 Å². The highest BCUT2D eigenvalue weighted by atomic mass is 79.9. The van der Waals surface area contributed by atoms with E-state index in [4.69, 9.17) is 20.8 Å². The van der Waals surface area contributed by atoms with Crippen LogP contribution in [0.15, 0.2) is 78.8 Å². The van der Waals surface area contributed by atoms with Crippen molar-refractivity contribution < 1.29 is 13.9 Å². The van der Waals surface area contributed by atoms with E-state index in [0.29, 0.717) is 43.2 Å². The lowest BCUT2D eigenvalue weighted by molar-refractivity contribution is 0.102. The number of methoxy groups -OCH3 is 1. The van der Waals surface area contributed by atoms with Gasteiger partial charge in [0, 0.05) is 21.1 Å². The Kier molecular flexibility index (Phi) is 6.18. The minimum atomic E-state index is -0.485. The van der Waals surface area contributed by atoms with E-state index in [1.165, 1.54) is 7.11 Å². The van der Waals surface area contributed by atoms with Crippen LogP contribution in [0.3, 0.4) is 0 Å². The Morgan fingerprint density at radius 2 is 1.81 bits per heavy atom. The van der Waals surface area contributed by atoms with Crippen LogP contribution in [-0.2, 0) is 0 Å². The number of nitrogens with one attached hydrogen (secondary N) is 1. The Morgan fingerprint density at radius 3 is 2.55 bits per heavy atom. The Labute approximate surface area is 199 Å². The maximum atomic E-state index is 12.8. The largest absolute Gasteiger partial charge is 0.495 e. The highest BCUT2D eigenvalue weighted by molar-refractivity contribution is 9.11. The van der Waals surface area contributed by atoms with Crippen molar-refractivity contribution in [3.05, 3.63) is 90.6 Å². The number of para-hydroxylation sites is 1. The van der Waals surface area contributed by atoms with Gasteiger partial charge in [0.25, 0.3) is 5.91 Å². The topological polar surface area (TPSA) is 68.5 Å². The van der Waals surface area contributed by atoms with Gasteiger partial charge < -0.3 is 14.5 Å². The first-order chi connectivity index (χ1) is 14.9. The van der Waals surface area contributed by atoms with Crippen LogP contribution in [0, 0.1) is 0 Å². The highest BCUT2D eigenvalue weighted by Gasteiger charge is 2.18. The van der Waals surface area contributed by atoms with Crippen LogP contribution in [0.4, 0.5) is 5.69 Å². The molecule has 1 amide bonds. The quantitative estimate of drug-likeness (QED) is 0.274. The second-order valence-electron chi connectivity index (χ2n) is 6.60. The molecule has 4 rings (SSSR count). The van der Waals surface area contributed by atoms with E-state index in [2.05, 4.69) is 37.2 Å². The molecule has 0 spiro atoms. The molecule has 5 nitrogen and oxygen atoms in total. The van der Waals surface area contributed by atoms with Crippen LogP contribution >= 0.6 is 43.5 Å². The van der Waals surface area contributed by atoms with E-state index in [-0.39, 0.29) is 5.91 Å². The molecule has 3 aromatic carbocycles. The Balaban J connectivity index is 1.67. The van der Waals surface area contributed by atoms with Crippen molar-refractivity contribution in [2.75, 3.05) is 12.4 Å². The highest BCUT2D eigenvalue weighted by Crippen LogP contribution is 2.34. The van der Waals surface area contributed by atoms with E-state index in [9.17, 15) is 9.59 Å². The molecular weight excluding hydrogens is 550 g/mol. The summed E-state index contributed by atoms with van der Waals surface area (Å²) in [5.74, 6) is 0.0464. The molecule has 0 saturated heterocycles. The molecule has 0 fully saturated rings. The lowest BCUT2D eigenvalue weighted by Gasteiger charge is -2.13. The molecule has 0 atom stereocenters. The van der Waals surface area contributed by atoms with Gasteiger partial charge in [0.2, 0.25) is 0 Å². The molecule has 0 aliphatic carbocycles. The monoisotopic (exact) mass is 561 g/mol. The molecule has 0 saturated carbocycles. The number of carbonyl (C=O) groups excluding carboxylic acids is 1. The SMILES string of the molecule is COc1c(Br)cc(Br)cc1C(=O)Nc1ccc(-c2cc3ccccc3oc2=O)c(Cl)c1. The third-order valence-corrected chi connectivity index (χ3v) is 5.98. The Hall–Kier alpha value is -2.61. The summed E-state index contributed by atoms with van der Waals surface area (Å²) < 4.78 is 12.1.